The molecule has 210 valence electrons. The lowest BCUT2D eigenvalue weighted by atomic mass is 9.96. The molecule has 0 amide bonds. The van der Waals surface area contributed by atoms with Crippen LogP contribution in [0.5, 0.6) is 0 Å². The highest BCUT2D eigenvalue weighted by atomic mass is 16.7. The van der Waals surface area contributed by atoms with Crippen molar-refractivity contribution in [1.82, 2.24) is 4.57 Å². The molecular weight excluding hydrogens is 514 g/mol. The smallest absolute Gasteiger partial charge is 0.332 e. The summed E-state index contributed by atoms with van der Waals surface area (Å²) >= 11 is 0. The van der Waals surface area contributed by atoms with Crippen molar-refractivity contribution in [3.8, 4) is 0 Å². The third-order valence-electron chi connectivity index (χ3n) is 7.96. The second kappa shape index (κ2) is 11.9. The molecule has 0 saturated carbocycles. The van der Waals surface area contributed by atoms with Gasteiger partial charge in [0.15, 0.2) is 0 Å². The third kappa shape index (κ3) is 5.44. The lowest BCUT2D eigenvalue weighted by molar-refractivity contribution is -0.382. The number of nitrogens with zero attached hydrogens (tertiary/aromatic N) is 3. The summed E-state index contributed by atoms with van der Waals surface area (Å²) < 4.78 is 2.35. The number of unbranched alkanes of at least 4 members (excludes halogenated alkanes) is 1. The zero-order valence-corrected chi connectivity index (χ0v) is 24.0. The van der Waals surface area contributed by atoms with Crippen LogP contribution in [0.2, 0.25) is 0 Å². The maximum absolute atomic E-state index is 12.2. The van der Waals surface area contributed by atoms with Crippen LogP contribution in [0.15, 0.2) is 78.0 Å². The van der Waals surface area contributed by atoms with Crippen LogP contribution in [-0.4, -0.2) is 21.2 Å². The van der Waals surface area contributed by atoms with Gasteiger partial charge >= 0.3 is 5.97 Å². The van der Waals surface area contributed by atoms with E-state index in [1.165, 1.54) is 13.3 Å². The van der Waals surface area contributed by atoms with Crippen LogP contribution in [0.3, 0.4) is 0 Å². The Labute approximate surface area is 239 Å². The number of rotatable bonds is 10. The number of nitro benzene ring substituents is 1. The highest BCUT2D eigenvalue weighted by molar-refractivity contribution is 6.22. The van der Waals surface area contributed by atoms with Gasteiger partial charge in [-0.3, -0.25) is 10.1 Å². The van der Waals surface area contributed by atoms with Crippen molar-refractivity contribution in [1.29, 1.82) is 0 Å². The Morgan fingerprint density at radius 3 is 2.39 bits per heavy atom. The van der Waals surface area contributed by atoms with Crippen molar-refractivity contribution in [2.24, 2.45) is 11.1 Å². The second-order valence-corrected chi connectivity index (χ2v) is 10.7. The minimum absolute atomic E-state index is 0.0864. The summed E-state index contributed by atoms with van der Waals surface area (Å²) in [7, 11) is 0. The van der Waals surface area contributed by atoms with Gasteiger partial charge in [0.05, 0.1) is 15.8 Å². The van der Waals surface area contributed by atoms with E-state index in [2.05, 4.69) is 29.6 Å². The van der Waals surface area contributed by atoms with Gasteiger partial charge in [0.2, 0.25) is 0 Å². The first-order chi connectivity index (χ1) is 19.8. The Bertz CT molecular complexity index is 1800. The van der Waals surface area contributed by atoms with E-state index in [9.17, 15) is 14.9 Å². The Morgan fingerprint density at radius 2 is 1.71 bits per heavy atom. The number of hydrogen-bond acceptors (Lipinski definition) is 5. The second-order valence-electron chi connectivity index (χ2n) is 10.7. The van der Waals surface area contributed by atoms with Crippen LogP contribution in [0.4, 0.5) is 5.69 Å². The van der Waals surface area contributed by atoms with Gasteiger partial charge in [0.1, 0.15) is 5.71 Å². The molecule has 1 aromatic heterocycles. The fraction of sp³-hybridized carbons (Fsp3) is 0.294. The molecular formula is C34H35N3O4. The number of carbonyl (C=O) groups is 1. The standard InChI is InChI=1S/C34H35N3O4/c1-5-7-13-24(6-2)21-36-31-18-17-25(33(35-41-23(4)38)26-14-9-8-12-22(26)3)19-29(31)30-20-32(37(39)40)27-15-10-11-16-28(27)34(30)36/h8-12,14-20,24H,5-7,13,21H2,1-4H3. The van der Waals surface area contributed by atoms with E-state index in [-0.39, 0.29) is 10.6 Å². The molecule has 5 rings (SSSR count). The summed E-state index contributed by atoms with van der Waals surface area (Å²) in [4.78, 5) is 28.8. The van der Waals surface area contributed by atoms with E-state index in [1.807, 2.05) is 67.6 Å². The number of carbonyl (C=O) groups excluding carboxylic acids is 1. The van der Waals surface area contributed by atoms with Gasteiger partial charge in [-0.2, -0.15) is 0 Å². The first kappa shape index (κ1) is 28.0. The molecule has 0 fully saturated rings. The predicted molar refractivity (Wildman–Crippen MR) is 165 cm³/mol. The summed E-state index contributed by atoms with van der Waals surface area (Å²) in [6, 6.07) is 23.2. The molecule has 0 N–H and O–H groups in total. The van der Waals surface area contributed by atoms with E-state index in [4.69, 9.17) is 4.84 Å². The number of aromatic nitrogens is 1. The number of oxime groups is 1. The van der Waals surface area contributed by atoms with Crippen LogP contribution < -0.4 is 0 Å². The molecule has 0 bridgehead atoms. The molecule has 1 heterocycles. The number of benzene rings is 4. The predicted octanol–water partition coefficient (Wildman–Crippen LogP) is 8.70. The van der Waals surface area contributed by atoms with Crippen LogP contribution in [0.1, 0.15) is 63.1 Å². The maximum atomic E-state index is 12.2. The molecule has 7 nitrogen and oxygen atoms in total. The van der Waals surface area contributed by atoms with Crippen molar-refractivity contribution in [3.05, 3.63) is 99.6 Å². The lowest BCUT2D eigenvalue weighted by Gasteiger charge is -2.18. The molecule has 0 radical (unpaired) electrons. The van der Waals surface area contributed by atoms with Crippen molar-refractivity contribution in [3.63, 3.8) is 0 Å². The van der Waals surface area contributed by atoms with Gasteiger partial charge in [-0.1, -0.05) is 86.8 Å². The summed E-state index contributed by atoms with van der Waals surface area (Å²) in [5.41, 5.74) is 5.24. The van der Waals surface area contributed by atoms with Gasteiger partial charge in [-0.05, 0) is 43.0 Å². The van der Waals surface area contributed by atoms with E-state index in [0.29, 0.717) is 17.0 Å². The van der Waals surface area contributed by atoms with E-state index in [1.54, 1.807) is 6.07 Å². The molecule has 0 aliphatic carbocycles. The Morgan fingerprint density at radius 1 is 0.976 bits per heavy atom. The quantitative estimate of drug-likeness (QED) is 0.0754. The van der Waals surface area contributed by atoms with Crippen molar-refractivity contribution < 1.29 is 14.6 Å². The molecule has 1 unspecified atom stereocenters. The van der Waals surface area contributed by atoms with Crippen LogP contribution in [0.25, 0.3) is 32.6 Å². The molecule has 4 aromatic carbocycles. The molecule has 1 atom stereocenters. The van der Waals surface area contributed by atoms with Gasteiger partial charge in [-0.15, -0.1) is 0 Å². The minimum atomic E-state index is -0.506. The van der Waals surface area contributed by atoms with E-state index >= 15 is 0 Å². The summed E-state index contributed by atoms with van der Waals surface area (Å²) in [6.45, 7) is 8.58. The number of non-ortho nitro benzene ring substituents is 1. The van der Waals surface area contributed by atoms with Crippen molar-refractivity contribution in [2.75, 3.05) is 0 Å². The molecule has 0 spiro atoms. The van der Waals surface area contributed by atoms with Gasteiger partial charge in [0, 0.05) is 52.3 Å². The lowest BCUT2D eigenvalue weighted by Crippen LogP contribution is -2.11. The maximum Gasteiger partial charge on any atom is 0.332 e. The fourth-order valence-corrected chi connectivity index (χ4v) is 5.81. The average molecular weight is 550 g/mol. The third-order valence-corrected chi connectivity index (χ3v) is 7.96. The van der Waals surface area contributed by atoms with Crippen molar-refractivity contribution in [2.45, 2.75) is 59.9 Å². The Balaban J connectivity index is 1.83. The van der Waals surface area contributed by atoms with Crippen molar-refractivity contribution >= 4 is 49.9 Å². The molecule has 41 heavy (non-hydrogen) atoms. The number of fused-ring (bicyclic) bond motifs is 5. The normalized spacial score (nSPS) is 12.7. The molecule has 0 aliphatic heterocycles. The van der Waals surface area contributed by atoms with Gasteiger partial charge in [0.25, 0.3) is 5.69 Å². The largest absolute Gasteiger partial charge is 0.340 e. The average Bonchev–Trinajstić information content (AvgIpc) is 3.28. The van der Waals surface area contributed by atoms with Gasteiger partial charge in [-0.25, -0.2) is 4.79 Å². The fourth-order valence-electron chi connectivity index (χ4n) is 5.81. The topological polar surface area (TPSA) is 86.7 Å². The van der Waals surface area contributed by atoms with Crippen LogP contribution in [-0.2, 0) is 16.2 Å². The minimum Gasteiger partial charge on any atom is -0.340 e. The summed E-state index contributed by atoms with van der Waals surface area (Å²) in [5.74, 6) is -0.0241. The van der Waals surface area contributed by atoms with E-state index in [0.717, 1.165) is 69.7 Å². The number of nitro groups is 1. The molecule has 0 aliphatic rings. The SMILES string of the molecule is CCCCC(CC)Cn1c2ccc(C(=NOC(C)=O)c3ccccc3C)cc2c2cc([N+](=O)[O-])c3ccccc3c21. The van der Waals surface area contributed by atoms with Crippen LogP contribution >= 0.6 is 0 Å². The monoisotopic (exact) mass is 549 g/mol. The first-order valence-electron chi connectivity index (χ1n) is 14.3. The Hall–Kier alpha value is -4.52. The van der Waals surface area contributed by atoms with E-state index < -0.39 is 5.97 Å². The number of hydrogen-bond donors (Lipinski definition) is 0. The summed E-state index contributed by atoms with van der Waals surface area (Å²) in [6.07, 6.45) is 4.49. The summed E-state index contributed by atoms with van der Waals surface area (Å²) in [5, 5.41) is 19.7. The first-order valence-corrected chi connectivity index (χ1v) is 14.3. The Kier molecular flexibility index (Phi) is 8.15. The highest BCUT2D eigenvalue weighted by Crippen LogP contribution is 2.40. The zero-order chi connectivity index (χ0) is 29.1. The molecule has 7 heteroatoms. The van der Waals surface area contributed by atoms with Crippen LogP contribution in [0, 0.1) is 23.0 Å². The molecule has 5 aromatic rings. The molecule has 0 saturated heterocycles. The van der Waals surface area contributed by atoms with Gasteiger partial charge < -0.3 is 9.40 Å². The zero-order valence-electron chi connectivity index (χ0n) is 24.0. The number of aryl methyl sites for hydroxylation is 1. The highest BCUT2D eigenvalue weighted by Gasteiger charge is 2.23.